The molecule has 0 atom stereocenters. The fourth-order valence-corrected chi connectivity index (χ4v) is 2.69. The normalized spacial score (nSPS) is 15.8. The van der Waals surface area contributed by atoms with E-state index in [9.17, 15) is 9.59 Å². The number of imidazole rings is 1. The van der Waals surface area contributed by atoms with Crippen LogP contribution in [-0.4, -0.2) is 62.3 Å². The average molecular weight is 334 g/mol. The molecule has 1 fully saturated rings. The molecule has 1 aliphatic rings. The molecule has 0 saturated carbocycles. The maximum atomic E-state index is 12.1. The number of aromatic nitrogens is 4. The van der Waals surface area contributed by atoms with Crippen LogP contribution in [0.4, 0.5) is 10.6 Å². The van der Waals surface area contributed by atoms with Crippen LogP contribution in [0.25, 0.3) is 11.2 Å². The van der Waals surface area contributed by atoms with Gasteiger partial charge in [-0.15, -0.1) is 0 Å². The summed E-state index contributed by atoms with van der Waals surface area (Å²) in [5.41, 5.74) is 0.464. The van der Waals surface area contributed by atoms with E-state index < -0.39 is 5.60 Å². The smallest absolute Gasteiger partial charge is 0.410 e. The maximum absolute atomic E-state index is 12.1. The number of nitrogens with zero attached hydrogens (tertiary/aromatic N) is 5. The van der Waals surface area contributed by atoms with E-state index in [0.29, 0.717) is 43.2 Å². The fraction of sp³-hybridized carbons (Fsp3) is 0.600. The second-order valence-corrected chi connectivity index (χ2v) is 6.84. The van der Waals surface area contributed by atoms with Crippen molar-refractivity contribution in [2.45, 2.75) is 26.4 Å². The standard InChI is InChI=1S/C15H22N6O3/c1-15(2,3)24-14(23)21-7-5-20(6-8-21)12-10-11(16-9-17-12)19(4)13(22)18-10/h9H,5-8H2,1-4H3,(H,18,22). The molecular weight excluding hydrogens is 312 g/mol. The van der Waals surface area contributed by atoms with Crippen molar-refractivity contribution in [2.75, 3.05) is 31.1 Å². The van der Waals surface area contributed by atoms with Crippen molar-refractivity contribution in [3.63, 3.8) is 0 Å². The number of anilines is 1. The Kier molecular flexibility index (Phi) is 3.94. The number of hydrogen-bond acceptors (Lipinski definition) is 6. The van der Waals surface area contributed by atoms with Crippen LogP contribution in [0.1, 0.15) is 20.8 Å². The molecule has 0 bridgehead atoms. The third-order valence-electron chi connectivity index (χ3n) is 3.89. The van der Waals surface area contributed by atoms with Crippen LogP contribution in [0, 0.1) is 0 Å². The van der Waals surface area contributed by atoms with Gasteiger partial charge in [0.05, 0.1) is 0 Å². The highest BCUT2D eigenvalue weighted by molar-refractivity contribution is 5.83. The monoisotopic (exact) mass is 334 g/mol. The highest BCUT2D eigenvalue weighted by Gasteiger charge is 2.27. The quantitative estimate of drug-likeness (QED) is 0.825. The first-order valence-electron chi connectivity index (χ1n) is 7.89. The molecule has 0 radical (unpaired) electrons. The molecule has 1 amide bonds. The van der Waals surface area contributed by atoms with E-state index >= 15 is 0 Å². The molecule has 3 heterocycles. The molecule has 3 rings (SSSR count). The zero-order valence-electron chi connectivity index (χ0n) is 14.4. The Bertz CT molecular complexity index is 811. The second-order valence-electron chi connectivity index (χ2n) is 6.84. The molecule has 2 aromatic rings. The minimum Gasteiger partial charge on any atom is -0.444 e. The summed E-state index contributed by atoms with van der Waals surface area (Å²) in [6.45, 7) is 7.86. The minimum absolute atomic E-state index is 0.223. The van der Waals surface area contributed by atoms with E-state index in [1.807, 2.05) is 25.7 Å². The van der Waals surface area contributed by atoms with Crippen molar-refractivity contribution in [2.24, 2.45) is 7.05 Å². The van der Waals surface area contributed by atoms with Crippen molar-refractivity contribution >= 4 is 23.1 Å². The molecule has 1 N–H and O–H groups in total. The first-order chi connectivity index (χ1) is 11.3. The number of carbonyl (C=O) groups excluding carboxylic acids is 1. The summed E-state index contributed by atoms with van der Waals surface area (Å²) in [4.78, 5) is 38.9. The first kappa shape index (κ1) is 16.3. The van der Waals surface area contributed by atoms with Crippen molar-refractivity contribution in [1.29, 1.82) is 0 Å². The lowest BCUT2D eigenvalue weighted by Crippen LogP contribution is -2.50. The Labute approximate surface area is 139 Å². The third-order valence-corrected chi connectivity index (χ3v) is 3.89. The summed E-state index contributed by atoms with van der Waals surface area (Å²) in [6.07, 6.45) is 1.15. The van der Waals surface area contributed by atoms with Crippen LogP contribution >= 0.6 is 0 Å². The van der Waals surface area contributed by atoms with Gasteiger partial charge in [0.25, 0.3) is 0 Å². The molecule has 1 aliphatic heterocycles. The molecule has 1 saturated heterocycles. The lowest BCUT2D eigenvalue weighted by molar-refractivity contribution is 0.0240. The van der Waals surface area contributed by atoms with Gasteiger partial charge in [-0.25, -0.2) is 19.6 Å². The number of hydrogen-bond donors (Lipinski definition) is 1. The SMILES string of the molecule is Cn1c(=O)[nH]c2c(N3CCN(C(=O)OC(C)(C)C)CC3)ncnc21. The number of fused-ring (bicyclic) bond motifs is 1. The van der Waals surface area contributed by atoms with Crippen LogP contribution < -0.4 is 10.6 Å². The highest BCUT2D eigenvalue weighted by atomic mass is 16.6. The maximum Gasteiger partial charge on any atom is 0.410 e. The number of amides is 1. The second kappa shape index (κ2) is 5.81. The molecule has 0 aliphatic carbocycles. The van der Waals surface area contributed by atoms with Crippen LogP contribution in [0.15, 0.2) is 11.1 Å². The van der Waals surface area contributed by atoms with Crippen LogP contribution in [-0.2, 0) is 11.8 Å². The van der Waals surface area contributed by atoms with Gasteiger partial charge in [0.1, 0.15) is 17.4 Å². The Hall–Kier alpha value is -2.58. The van der Waals surface area contributed by atoms with Gasteiger partial charge in [0.15, 0.2) is 11.5 Å². The number of aryl methyl sites for hydroxylation is 1. The Morgan fingerprint density at radius 3 is 2.50 bits per heavy atom. The van der Waals surface area contributed by atoms with Gasteiger partial charge in [-0.3, -0.25) is 4.57 Å². The Balaban J connectivity index is 1.75. The zero-order chi connectivity index (χ0) is 17.5. The summed E-state index contributed by atoms with van der Waals surface area (Å²) < 4.78 is 6.86. The molecule has 2 aromatic heterocycles. The van der Waals surface area contributed by atoms with Crippen molar-refractivity contribution in [3.05, 3.63) is 16.8 Å². The van der Waals surface area contributed by atoms with Crippen molar-refractivity contribution in [1.82, 2.24) is 24.4 Å². The van der Waals surface area contributed by atoms with E-state index in [2.05, 4.69) is 15.0 Å². The van der Waals surface area contributed by atoms with Gasteiger partial charge in [0, 0.05) is 33.2 Å². The topological polar surface area (TPSA) is 96.4 Å². The number of carbonyl (C=O) groups is 1. The Morgan fingerprint density at radius 1 is 1.21 bits per heavy atom. The number of nitrogens with one attached hydrogen (secondary N) is 1. The van der Waals surface area contributed by atoms with E-state index in [-0.39, 0.29) is 11.8 Å². The summed E-state index contributed by atoms with van der Waals surface area (Å²) in [7, 11) is 1.67. The average Bonchev–Trinajstić information content (AvgIpc) is 2.81. The largest absolute Gasteiger partial charge is 0.444 e. The molecule has 130 valence electrons. The highest BCUT2D eigenvalue weighted by Crippen LogP contribution is 2.21. The van der Waals surface area contributed by atoms with Gasteiger partial charge in [0.2, 0.25) is 0 Å². The molecule has 24 heavy (non-hydrogen) atoms. The predicted octanol–water partition coefficient (Wildman–Crippen LogP) is 0.714. The summed E-state index contributed by atoms with van der Waals surface area (Å²) in [5.74, 6) is 0.682. The summed E-state index contributed by atoms with van der Waals surface area (Å²) >= 11 is 0. The van der Waals surface area contributed by atoms with Crippen LogP contribution in [0.3, 0.4) is 0 Å². The van der Waals surface area contributed by atoms with Crippen LogP contribution in [0.5, 0.6) is 0 Å². The number of rotatable bonds is 1. The third kappa shape index (κ3) is 3.06. The van der Waals surface area contributed by atoms with E-state index in [4.69, 9.17) is 4.74 Å². The number of H-pyrrole nitrogens is 1. The summed E-state index contributed by atoms with van der Waals surface area (Å²) in [6, 6.07) is 0. The molecule has 0 unspecified atom stereocenters. The van der Waals surface area contributed by atoms with Gasteiger partial charge in [-0.1, -0.05) is 0 Å². The van der Waals surface area contributed by atoms with Crippen LogP contribution in [0.2, 0.25) is 0 Å². The number of ether oxygens (including phenoxy) is 1. The molecular formula is C15H22N6O3. The number of piperazine rings is 1. The lowest BCUT2D eigenvalue weighted by atomic mass is 10.2. The summed E-state index contributed by atoms with van der Waals surface area (Å²) in [5, 5.41) is 0. The van der Waals surface area contributed by atoms with Gasteiger partial charge < -0.3 is 19.5 Å². The predicted molar refractivity (Wildman–Crippen MR) is 89.1 cm³/mol. The lowest BCUT2D eigenvalue weighted by Gasteiger charge is -2.36. The fourth-order valence-electron chi connectivity index (χ4n) is 2.69. The van der Waals surface area contributed by atoms with Gasteiger partial charge in [-0.05, 0) is 20.8 Å². The van der Waals surface area contributed by atoms with Gasteiger partial charge >= 0.3 is 11.8 Å². The molecule has 9 heteroatoms. The van der Waals surface area contributed by atoms with E-state index in [1.165, 1.54) is 10.9 Å². The minimum atomic E-state index is -0.503. The molecule has 0 aromatic carbocycles. The van der Waals surface area contributed by atoms with Crippen molar-refractivity contribution in [3.8, 4) is 0 Å². The van der Waals surface area contributed by atoms with Gasteiger partial charge in [-0.2, -0.15) is 0 Å². The molecule has 9 nitrogen and oxygen atoms in total. The first-order valence-corrected chi connectivity index (χ1v) is 7.89. The van der Waals surface area contributed by atoms with E-state index in [0.717, 1.165) is 0 Å². The number of aromatic amines is 1. The van der Waals surface area contributed by atoms with E-state index in [1.54, 1.807) is 11.9 Å². The Morgan fingerprint density at radius 2 is 1.88 bits per heavy atom. The molecule has 0 spiro atoms. The van der Waals surface area contributed by atoms with Crippen molar-refractivity contribution < 1.29 is 9.53 Å². The zero-order valence-corrected chi connectivity index (χ0v) is 14.4.